The van der Waals surface area contributed by atoms with Crippen LogP contribution in [0.4, 0.5) is 8.78 Å². The summed E-state index contributed by atoms with van der Waals surface area (Å²) in [4.78, 5) is 0. The molecule has 0 saturated heterocycles. The van der Waals surface area contributed by atoms with E-state index in [2.05, 4.69) is 5.32 Å². The van der Waals surface area contributed by atoms with Crippen LogP contribution in [0.25, 0.3) is 0 Å². The third-order valence-corrected chi connectivity index (χ3v) is 4.10. The molecule has 1 atom stereocenters. The van der Waals surface area contributed by atoms with Crippen molar-refractivity contribution in [2.24, 2.45) is 0 Å². The lowest BCUT2D eigenvalue weighted by Crippen LogP contribution is -2.45. The predicted octanol–water partition coefficient (Wildman–Crippen LogP) is 3.96. The third kappa shape index (κ3) is 2.86. The number of hydrogen-bond donors (Lipinski definition) is 1. The average molecular weight is 283 g/mol. The molecule has 1 N–H and O–H groups in total. The van der Waals surface area contributed by atoms with Crippen molar-refractivity contribution in [3.8, 4) is 0 Å². The molecule has 1 aliphatic carbocycles. The van der Waals surface area contributed by atoms with Crippen molar-refractivity contribution in [2.45, 2.75) is 51.2 Å². The number of halogens is 2. The van der Waals surface area contributed by atoms with E-state index in [1.54, 1.807) is 0 Å². The first-order valence-electron chi connectivity index (χ1n) is 7.46. The van der Waals surface area contributed by atoms with Crippen LogP contribution >= 0.6 is 0 Å². The standard InChI is InChI=1S/C16H23F2NO/c1-3-19-15(14-12(17)8-7-9-13(14)18)16(20-4-2)10-5-6-11-16/h7-9,15,19H,3-6,10-11H2,1-2H3. The maximum absolute atomic E-state index is 14.2. The number of hydrogen-bond acceptors (Lipinski definition) is 2. The second kappa shape index (κ2) is 6.64. The maximum atomic E-state index is 14.2. The Bertz CT molecular complexity index is 424. The summed E-state index contributed by atoms with van der Waals surface area (Å²) < 4.78 is 34.3. The summed E-state index contributed by atoms with van der Waals surface area (Å²) in [6.45, 7) is 5.08. The normalized spacial score (nSPS) is 19.2. The lowest BCUT2D eigenvalue weighted by Gasteiger charge is -2.38. The molecule has 0 heterocycles. The number of ether oxygens (including phenoxy) is 1. The molecular formula is C16H23F2NO. The monoisotopic (exact) mass is 283 g/mol. The Kier molecular flexibility index (Phi) is 5.11. The highest BCUT2D eigenvalue weighted by molar-refractivity contribution is 5.27. The van der Waals surface area contributed by atoms with Crippen molar-refractivity contribution in [3.63, 3.8) is 0 Å². The molecule has 0 radical (unpaired) electrons. The average Bonchev–Trinajstić information content (AvgIpc) is 2.87. The Morgan fingerprint density at radius 2 is 1.80 bits per heavy atom. The van der Waals surface area contributed by atoms with Gasteiger partial charge in [0.15, 0.2) is 0 Å². The van der Waals surface area contributed by atoms with Crippen LogP contribution < -0.4 is 5.32 Å². The summed E-state index contributed by atoms with van der Waals surface area (Å²) >= 11 is 0. The van der Waals surface area contributed by atoms with Crippen LogP contribution in [0, 0.1) is 11.6 Å². The van der Waals surface area contributed by atoms with Gasteiger partial charge < -0.3 is 10.1 Å². The minimum atomic E-state index is -0.498. The zero-order chi connectivity index (χ0) is 14.6. The number of likely N-dealkylation sites (N-methyl/N-ethyl adjacent to an activating group) is 1. The maximum Gasteiger partial charge on any atom is 0.131 e. The molecule has 112 valence electrons. The van der Waals surface area contributed by atoms with Crippen molar-refractivity contribution in [2.75, 3.05) is 13.2 Å². The summed E-state index contributed by atoms with van der Waals surface area (Å²) in [5.41, 5.74) is -0.377. The fourth-order valence-electron chi connectivity index (χ4n) is 3.32. The van der Waals surface area contributed by atoms with Crippen molar-refractivity contribution in [1.82, 2.24) is 5.32 Å². The number of nitrogens with one attached hydrogen (secondary N) is 1. The zero-order valence-corrected chi connectivity index (χ0v) is 12.2. The molecule has 1 fully saturated rings. The van der Waals surface area contributed by atoms with Gasteiger partial charge in [0.05, 0.1) is 11.6 Å². The van der Waals surface area contributed by atoms with E-state index >= 15 is 0 Å². The van der Waals surface area contributed by atoms with Gasteiger partial charge in [-0.2, -0.15) is 0 Å². The Hall–Kier alpha value is -1.00. The molecule has 1 saturated carbocycles. The van der Waals surface area contributed by atoms with Gasteiger partial charge in [0.1, 0.15) is 11.6 Å². The molecule has 0 spiro atoms. The zero-order valence-electron chi connectivity index (χ0n) is 12.2. The summed E-state index contributed by atoms with van der Waals surface area (Å²) in [6.07, 6.45) is 3.76. The van der Waals surface area contributed by atoms with E-state index in [-0.39, 0.29) is 5.56 Å². The van der Waals surface area contributed by atoms with Crippen molar-refractivity contribution < 1.29 is 13.5 Å². The van der Waals surface area contributed by atoms with Gasteiger partial charge in [-0.1, -0.05) is 25.8 Å². The quantitative estimate of drug-likeness (QED) is 0.853. The van der Waals surface area contributed by atoms with Crippen LogP contribution in [0.15, 0.2) is 18.2 Å². The van der Waals surface area contributed by atoms with Gasteiger partial charge in [0.25, 0.3) is 0 Å². The van der Waals surface area contributed by atoms with Crippen LogP contribution in [0.1, 0.15) is 51.1 Å². The largest absolute Gasteiger partial charge is 0.373 e. The minimum absolute atomic E-state index is 0.115. The lowest BCUT2D eigenvalue weighted by molar-refractivity contribution is -0.0638. The predicted molar refractivity (Wildman–Crippen MR) is 75.6 cm³/mol. The molecule has 2 rings (SSSR count). The Labute approximate surface area is 119 Å². The van der Waals surface area contributed by atoms with Gasteiger partial charge in [-0.15, -0.1) is 0 Å². The second-order valence-electron chi connectivity index (χ2n) is 5.33. The van der Waals surface area contributed by atoms with Crippen molar-refractivity contribution in [1.29, 1.82) is 0 Å². The SMILES string of the molecule is CCNC(c1c(F)cccc1F)C1(OCC)CCCC1. The molecule has 1 aromatic rings. The van der Waals surface area contributed by atoms with Gasteiger partial charge >= 0.3 is 0 Å². The van der Waals surface area contributed by atoms with E-state index in [9.17, 15) is 8.78 Å². The highest BCUT2D eigenvalue weighted by Gasteiger charge is 2.44. The second-order valence-corrected chi connectivity index (χ2v) is 5.33. The topological polar surface area (TPSA) is 21.3 Å². The van der Waals surface area contributed by atoms with Crippen LogP contribution in [-0.2, 0) is 4.74 Å². The first-order valence-corrected chi connectivity index (χ1v) is 7.46. The molecule has 1 aliphatic rings. The molecule has 0 aliphatic heterocycles. The van der Waals surface area contributed by atoms with E-state index in [0.29, 0.717) is 13.2 Å². The molecule has 4 heteroatoms. The van der Waals surface area contributed by atoms with E-state index in [1.807, 2.05) is 13.8 Å². The first-order chi connectivity index (χ1) is 9.64. The van der Waals surface area contributed by atoms with Crippen LogP contribution in [0.3, 0.4) is 0 Å². The van der Waals surface area contributed by atoms with Gasteiger partial charge in [0.2, 0.25) is 0 Å². The first kappa shape index (κ1) is 15.4. The third-order valence-electron chi connectivity index (χ3n) is 4.10. The smallest absolute Gasteiger partial charge is 0.131 e. The Morgan fingerprint density at radius 3 is 2.30 bits per heavy atom. The summed E-state index contributed by atoms with van der Waals surface area (Å²) in [5.74, 6) is -0.996. The van der Waals surface area contributed by atoms with Crippen LogP contribution in [0.5, 0.6) is 0 Å². The number of benzene rings is 1. The lowest BCUT2D eigenvalue weighted by atomic mass is 9.86. The fraction of sp³-hybridized carbons (Fsp3) is 0.625. The highest BCUT2D eigenvalue weighted by atomic mass is 19.1. The molecule has 0 aromatic heterocycles. The molecule has 0 amide bonds. The van der Waals surface area contributed by atoms with Gasteiger partial charge in [-0.25, -0.2) is 8.78 Å². The van der Waals surface area contributed by atoms with Gasteiger partial charge in [0, 0.05) is 12.2 Å². The van der Waals surface area contributed by atoms with E-state index in [0.717, 1.165) is 25.7 Å². The van der Waals surface area contributed by atoms with E-state index in [1.165, 1.54) is 18.2 Å². The molecule has 1 aromatic carbocycles. The van der Waals surface area contributed by atoms with Gasteiger partial charge in [-0.05, 0) is 38.4 Å². The van der Waals surface area contributed by atoms with Gasteiger partial charge in [-0.3, -0.25) is 0 Å². The van der Waals surface area contributed by atoms with Crippen molar-refractivity contribution in [3.05, 3.63) is 35.4 Å². The summed E-state index contributed by atoms with van der Waals surface area (Å²) in [5, 5.41) is 3.24. The van der Waals surface area contributed by atoms with E-state index < -0.39 is 23.3 Å². The van der Waals surface area contributed by atoms with E-state index in [4.69, 9.17) is 4.74 Å². The fourth-order valence-corrected chi connectivity index (χ4v) is 3.32. The molecule has 2 nitrogen and oxygen atoms in total. The highest BCUT2D eigenvalue weighted by Crippen LogP contribution is 2.44. The van der Waals surface area contributed by atoms with Crippen LogP contribution in [0.2, 0.25) is 0 Å². The number of rotatable bonds is 6. The Morgan fingerprint density at radius 1 is 1.20 bits per heavy atom. The molecule has 1 unspecified atom stereocenters. The molecular weight excluding hydrogens is 260 g/mol. The minimum Gasteiger partial charge on any atom is -0.373 e. The van der Waals surface area contributed by atoms with Crippen molar-refractivity contribution >= 4 is 0 Å². The van der Waals surface area contributed by atoms with Crippen LogP contribution in [-0.4, -0.2) is 18.8 Å². The molecule has 0 bridgehead atoms. The summed E-state index contributed by atoms with van der Waals surface area (Å²) in [7, 11) is 0. The molecule has 20 heavy (non-hydrogen) atoms. The Balaban J connectivity index is 2.44. The summed E-state index contributed by atoms with van der Waals surface area (Å²) in [6, 6.07) is 3.60.